The number of anilines is 2. The lowest BCUT2D eigenvalue weighted by molar-refractivity contribution is -0.137. The monoisotopic (exact) mass is 622 g/mol. The van der Waals surface area contributed by atoms with Crippen LogP contribution in [0.2, 0.25) is 0 Å². The first-order chi connectivity index (χ1) is 21.6. The van der Waals surface area contributed by atoms with Crippen molar-refractivity contribution in [1.82, 2.24) is 30.0 Å². The van der Waals surface area contributed by atoms with Gasteiger partial charge in [0.1, 0.15) is 5.75 Å². The van der Waals surface area contributed by atoms with E-state index in [0.29, 0.717) is 29.3 Å². The van der Waals surface area contributed by atoms with Crippen LogP contribution in [-0.4, -0.2) is 69.2 Å². The minimum Gasteiger partial charge on any atom is -0.494 e. The molecule has 2 saturated heterocycles. The van der Waals surface area contributed by atoms with E-state index in [4.69, 9.17) is 9.84 Å². The summed E-state index contributed by atoms with van der Waals surface area (Å²) in [5, 5.41) is 10.4. The number of benzene rings is 2. The second-order valence-corrected chi connectivity index (χ2v) is 10.9. The molecule has 4 amide bonds. The predicted molar refractivity (Wildman–Crippen MR) is 157 cm³/mol. The van der Waals surface area contributed by atoms with Crippen LogP contribution in [0.5, 0.6) is 5.75 Å². The van der Waals surface area contributed by atoms with Crippen molar-refractivity contribution in [3.8, 4) is 5.75 Å². The fraction of sp³-hybridized carbons (Fsp3) is 0.333. The number of urea groups is 1. The van der Waals surface area contributed by atoms with Crippen LogP contribution in [0.3, 0.4) is 0 Å². The third-order valence-corrected chi connectivity index (χ3v) is 7.88. The third kappa shape index (κ3) is 6.57. The number of carbonyl (C=O) groups is 3. The van der Waals surface area contributed by atoms with E-state index in [1.807, 2.05) is 10.9 Å². The summed E-state index contributed by atoms with van der Waals surface area (Å²) in [6.07, 6.45) is 2.39. The summed E-state index contributed by atoms with van der Waals surface area (Å²) in [7, 11) is 1.44. The number of nitrogens with one attached hydrogen (secondary N) is 2. The van der Waals surface area contributed by atoms with Crippen LogP contribution < -0.4 is 20.3 Å². The minimum absolute atomic E-state index is 0.122. The molecule has 234 valence electrons. The highest BCUT2D eigenvalue weighted by atomic mass is 19.4. The molecule has 12 nitrogen and oxygen atoms in total. The summed E-state index contributed by atoms with van der Waals surface area (Å²) in [5.74, 6) is -0.267. The van der Waals surface area contributed by atoms with Crippen LogP contribution in [0.15, 0.2) is 55.0 Å². The van der Waals surface area contributed by atoms with Crippen molar-refractivity contribution in [2.45, 2.75) is 38.0 Å². The summed E-state index contributed by atoms with van der Waals surface area (Å²) < 4.78 is 46.7. The number of amides is 4. The van der Waals surface area contributed by atoms with Crippen molar-refractivity contribution < 1.29 is 32.3 Å². The summed E-state index contributed by atoms with van der Waals surface area (Å²) >= 11 is 0. The number of piperidine rings is 1. The van der Waals surface area contributed by atoms with Crippen LogP contribution in [0, 0.1) is 0 Å². The standard InChI is InChI=1S/C30H29F3N8O4/c1-45-25-13-23-19(12-24(25)36-28(43)18-3-2-4-20(11-18)30(31,32)33)16-41(38-23)22-5-8-39(9-6-22)17-21-14-35-26(15-34-21)40-10-7-27(42)37-29(40)44/h2-4,11-16,22H,5-10,17H2,1H3,(H,36,43)(H,37,42,44). The van der Waals surface area contributed by atoms with Gasteiger partial charge >= 0.3 is 12.2 Å². The van der Waals surface area contributed by atoms with Crippen molar-refractivity contribution in [3.63, 3.8) is 0 Å². The van der Waals surface area contributed by atoms with Gasteiger partial charge in [-0.3, -0.25) is 34.4 Å². The van der Waals surface area contributed by atoms with Gasteiger partial charge in [-0.1, -0.05) is 6.07 Å². The third-order valence-electron chi connectivity index (χ3n) is 7.88. The zero-order valence-electron chi connectivity index (χ0n) is 24.2. The predicted octanol–water partition coefficient (Wildman–Crippen LogP) is 4.39. The highest BCUT2D eigenvalue weighted by Crippen LogP contribution is 2.33. The van der Waals surface area contributed by atoms with Gasteiger partial charge in [-0.15, -0.1) is 0 Å². The van der Waals surface area contributed by atoms with Crippen LogP contribution in [0.4, 0.5) is 29.5 Å². The lowest BCUT2D eigenvalue weighted by Gasteiger charge is -2.31. The number of halogens is 3. The van der Waals surface area contributed by atoms with E-state index in [2.05, 4.69) is 25.5 Å². The van der Waals surface area contributed by atoms with E-state index in [0.717, 1.165) is 49.1 Å². The second kappa shape index (κ2) is 12.1. The molecular formula is C30H29F3N8O4. The number of hydrogen-bond donors (Lipinski definition) is 2. The summed E-state index contributed by atoms with van der Waals surface area (Å²) in [4.78, 5) is 48.8. The Morgan fingerprint density at radius 1 is 1.09 bits per heavy atom. The molecule has 0 spiro atoms. The molecule has 0 radical (unpaired) electrons. The smallest absolute Gasteiger partial charge is 0.416 e. The number of fused-ring (bicyclic) bond motifs is 1. The van der Waals surface area contributed by atoms with Crippen LogP contribution in [-0.2, 0) is 17.5 Å². The molecule has 0 bridgehead atoms. The van der Waals surface area contributed by atoms with Gasteiger partial charge in [0.25, 0.3) is 5.91 Å². The summed E-state index contributed by atoms with van der Waals surface area (Å²) in [6.45, 7) is 2.44. The SMILES string of the molecule is COc1cc2nn(C3CCN(Cc4cnc(N5CCC(=O)NC5=O)cn4)CC3)cc2cc1NC(=O)c1cccc(C(F)(F)F)c1. The molecule has 0 unspecified atom stereocenters. The number of carbonyl (C=O) groups excluding carboxylic acids is 3. The molecule has 15 heteroatoms. The Morgan fingerprint density at radius 3 is 2.58 bits per heavy atom. The Bertz CT molecular complexity index is 1750. The largest absolute Gasteiger partial charge is 0.494 e. The molecule has 6 rings (SSSR count). The molecule has 2 N–H and O–H groups in total. The van der Waals surface area contributed by atoms with Crippen molar-refractivity contribution in [1.29, 1.82) is 0 Å². The summed E-state index contributed by atoms with van der Waals surface area (Å²) in [6, 6.07) is 7.26. The Balaban J connectivity index is 1.08. The Kier molecular flexibility index (Phi) is 8.10. The fourth-order valence-electron chi connectivity index (χ4n) is 5.48. The van der Waals surface area contributed by atoms with Crippen molar-refractivity contribution in [2.75, 3.05) is 37.0 Å². The minimum atomic E-state index is -4.56. The van der Waals surface area contributed by atoms with Crippen LogP contribution in [0.1, 0.15) is 46.9 Å². The van der Waals surface area contributed by atoms with E-state index in [1.165, 1.54) is 30.3 Å². The van der Waals surface area contributed by atoms with Gasteiger partial charge in [-0.25, -0.2) is 9.78 Å². The normalized spacial score (nSPS) is 16.6. The molecule has 2 fully saturated rings. The number of hydrogen-bond acceptors (Lipinski definition) is 8. The first kappa shape index (κ1) is 30.0. The van der Waals surface area contributed by atoms with Gasteiger partial charge in [0.2, 0.25) is 5.91 Å². The highest BCUT2D eigenvalue weighted by molar-refractivity contribution is 6.06. The number of aromatic nitrogens is 4. The number of methoxy groups -OCH3 is 1. The number of alkyl halides is 3. The Hall–Kier alpha value is -5.05. The maximum atomic E-state index is 13.1. The molecular weight excluding hydrogens is 593 g/mol. The maximum absolute atomic E-state index is 13.1. The first-order valence-corrected chi connectivity index (χ1v) is 14.3. The van der Waals surface area contributed by atoms with Gasteiger partial charge in [-0.2, -0.15) is 18.3 Å². The van der Waals surface area contributed by atoms with E-state index in [1.54, 1.807) is 18.3 Å². The van der Waals surface area contributed by atoms with Gasteiger partial charge < -0.3 is 10.1 Å². The first-order valence-electron chi connectivity index (χ1n) is 14.3. The zero-order valence-corrected chi connectivity index (χ0v) is 24.2. The van der Waals surface area contributed by atoms with E-state index in [-0.39, 0.29) is 30.5 Å². The molecule has 0 saturated carbocycles. The van der Waals surface area contributed by atoms with E-state index in [9.17, 15) is 27.6 Å². The topological polar surface area (TPSA) is 135 Å². The van der Waals surface area contributed by atoms with E-state index >= 15 is 0 Å². The molecule has 4 aromatic rings. The average Bonchev–Trinajstić information content (AvgIpc) is 3.44. The number of ether oxygens (including phenoxy) is 1. The van der Waals surface area contributed by atoms with Crippen molar-refractivity contribution >= 4 is 40.3 Å². The van der Waals surface area contributed by atoms with E-state index < -0.39 is 23.7 Å². The number of rotatable bonds is 7. The molecule has 2 aliphatic heterocycles. The number of likely N-dealkylation sites (tertiary alicyclic amines) is 1. The van der Waals surface area contributed by atoms with Gasteiger partial charge in [0.15, 0.2) is 5.82 Å². The van der Waals surface area contributed by atoms with Gasteiger partial charge in [0, 0.05) is 55.8 Å². The lowest BCUT2D eigenvalue weighted by atomic mass is 10.1. The molecule has 2 aromatic heterocycles. The van der Waals surface area contributed by atoms with Gasteiger partial charge in [0.05, 0.1) is 48.0 Å². The number of imide groups is 1. The second-order valence-electron chi connectivity index (χ2n) is 10.9. The molecule has 0 atom stereocenters. The maximum Gasteiger partial charge on any atom is 0.416 e. The molecule has 4 heterocycles. The van der Waals surface area contributed by atoms with Crippen LogP contribution in [0.25, 0.3) is 10.9 Å². The Morgan fingerprint density at radius 2 is 1.89 bits per heavy atom. The molecule has 45 heavy (non-hydrogen) atoms. The van der Waals surface area contributed by atoms with Crippen molar-refractivity contribution in [3.05, 3.63) is 71.8 Å². The van der Waals surface area contributed by atoms with Crippen LogP contribution >= 0.6 is 0 Å². The Labute approximate surface area is 255 Å². The number of nitrogens with zero attached hydrogens (tertiary/aromatic N) is 6. The molecule has 2 aliphatic rings. The lowest BCUT2D eigenvalue weighted by Crippen LogP contribution is -2.50. The highest BCUT2D eigenvalue weighted by Gasteiger charge is 2.31. The quantitative estimate of drug-likeness (QED) is 0.310. The fourth-order valence-corrected chi connectivity index (χ4v) is 5.48. The van der Waals surface area contributed by atoms with Gasteiger partial charge in [-0.05, 0) is 37.1 Å². The zero-order chi connectivity index (χ0) is 31.7. The molecule has 2 aromatic carbocycles. The average molecular weight is 623 g/mol. The molecule has 0 aliphatic carbocycles. The van der Waals surface area contributed by atoms with Crippen molar-refractivity contribution in [2.24, 2.45) is 0 Å². The summed E-state index contributed by atoms with van der Waals surface area (Å²) in [5.41, 5.74) is 0.723.